The predicted molar refractivity (Wildman–Crippen MR) is 55.2 cm³/mol. The fourth-order valence-electron chi connectivity index (χ4n) is 1.31. The lowest BCUT2D eigenvalue weighted by Gasteiger charge is -2.21. The molecule has 1 aromatic carbocycles. The molecular weight excluding hydrogens is 178 g/mol. The van der Waals surface area contributed by atoms with Gasteiger partial charge in [0.25, 0.3) is 0 Å². The second kappa shape index (κ2) is 2.97. The minimum absolute atomic E-state index is 0.00718. The number of rotatable bonds is 1. The van der Waals surface area contributed by atoms with Gasteiger partial charge in [0, 0.05) is 5.54 Å². The maximum atomic E-state index is 4.68. The molecule has 0 aliphatic rings. The Labute approximate surface area is 82.3 Å². The van der Waals surface area contributed by atoms with Crippen LogP contribution in [-0.2, 0) is 0 Å². The van der Waals surface area contributed by atoms with Crippen molar-refractivity contribution < 1.29 is 4.63 Å². The summed E-state index contributed by atoms with van der Waals surface area (Å²) < 4.78 is 4.68. The molecule has 0 saturated carbocycles. The second-order valence-electron chi connectivity index (χ2n) is 4.31. The maximum absolute atomic E-state index is 4.68. The Morgan fingerprint density at radius 2 is 2.00 bits per heavy atom. The molecule has 2 rings (SSSR count). The highest BCUT2D eigenvalue weighted by atomic mass is 16.6. The minimum atomic E-state index is 0.00718. The first-order valence-corrected chi connectivity index (χ1v) is 4.56. The van der Waals surface area contributed by atoms with Crippen LogP contribution in [-0.4, -0.2) is 15.9 Å². The van der Waals surface area contributed by atoms with Crippen molar-refractivity contribution in [2.24, 2.45) is 0 Å². The average Bonchev–Trinajstić information content (AvgIpc) is 2.49. The fraction of sp³-hybridized carbons (Fsp3) is 0.400. The Morgan fingerprint density at radius 1 is 1.21 bits per heavy atom. The van der Waals surface area contributed by atoms with E-state index in [0.29, 0.717) is 0 Å². The summed E-state index contributed by atoms with van der Waals surface area (Å²) >= 11 is 0. The van der Waals surface area contributed by atoms with E-state index < -0.39 is 0 Å². The Kier molecular flexibility index (Phi) is 1.91. The number of hydrogen-bond donors (Lipinski definition) is 1. The molecule has 0 saturated heterocycles. The smallest absolute Gasteiger partial charge is 0.158 e. The number of fused-ring (bicyclic) bond motifs is 1. The average molecular weight is 191 g/mol. The van der Waals surface area contributed by atoms with Gasteiger partial charge in [0.05, 0.1) is 5.69 Å². The van der Waals surface area contributed by atoms with Gasteiger partial charge in [-0.15, -0.1) is 0 Å². The normalized spacial score (nSPS) is 11.9. The van der Waals surface area contributed by atoms with Gasteiger partial charge in [0.2, 0.25) is 0 Å². The highest BCUT2D eigenvalue weighted by molar-refractivity contribution is 5.87. The van der Waals surface area contributed by atoms with Crippen molar-refractivity contribution in [2.45, 2.75) is 26.3 Å². The third kappa shape index (κ3) is 1.69. The Balaban J connectivity index is 2.46. The molecule has 74 valence electrons. The number of hydrogen-bond acceptors (Lipinski definition) is 4. The maximum Gasteiger partial charge on any atom is 0.158 e. The summed E-state index contributed by atoms with van der Waals surface area (Å²) in [7, 11) is 0. The van der Waals surface area contributed by atoms with Gasteiger partial charge in [0.1, 0.15) is 5.52 Å². The van der Waals surface area contributed by atoms with Crippen LogP contribution in [0.3, 0.4) is 0 Å². The van der Waals surface area contributed by atoms with E-state index in [1.54, 1.807) is 0 Å². The van der Waals surface area contributed by atoms with E-state index in [2.05, 4.69) is 41.0 Å². The monoisotopic (exact) mass is 191 g/mol. The minimum Gasteiger partial charge on any atom is -0.379 e. The molecule has 0 radical (unpaired) electrons. The van der Waals surface area contributed by atoms with Gasteiger partial charge >= 0.3 is 0 Å². The lowest BCUT2D eigenvalue weighted by atomic mass is 10.1. The van der Waals surface area contributed by atoms with Crippen LogP contribution in [0.1, 0.15) is 20.8 Å². The van der Waals surface area contributed by atoms with E-state index in [9.17, 15) is 0 Å². The Bertz CT molecular complexity index is 442. The predicted octanol–water partition coefficient (Wildman–Crippen LogP) is 2.43. The topological polar surface area (TPSA) is 51.0 Å². The van der Waals surface area contributed by atoms with Gasteiger partial charge in [-0.1, -0.05) is 6.07 Å². The summed E-state index contributed by atoms with van der Waals surface area (Å²) in [5.41, 5.74) is 2.52. The largest absolute Gasteiger partial charge is 0.379 e. The van der Waals surface area contributed by atoms with Gasteiger partial charge < -0.3 is 5.32 Å². The molecule has 0 amide bonds. The Morgan fingerprint density at radius 3 is 2.71 bits per heavy atom. The molecule has 0 spiro atoms. The third-order valence-electron chi connectivity index (χ3n) is 1.80. The van der Waals surface area contributed by atoms with Gasteiger partial charge in [-0.2, -0.15) is 0 Å². The number of benzene rings is 1. The summed E-state index contributed by atoms with van der Waals surface area (Å²) in [5.74, 6) is 0. The molecule has 0 atom stereocenters. The van der Waals surface area contributed by atoms with E-state index >= 15 is 0 Å². The molecule has 0 aliphatic carbocycles. The van der Waals surface area contributed by atoms with Crippen molar-refractivity contribution in [1.29, 1.82) is 0 Å². The van der Waals surface area contributed by atoms with Crippen LogP contribution in [0, 0.1) is 0 Å². The van der Waals surface area contributed by atoms with Crippen LogP contribution in [0.4, 0.5) is 5.69 Å². The van der Waals surface area contributed by atoms with Gasteiger partial charge in [-0.25, -0.2) is 4.63 Å². The van der Waals surface area contributed by atoms with Crippen molar-refractivity contribution in [2.75, 3.05) is 5.32 Å². The molecule has 1 heterocycles. The van der Waals surface area contributed by atoms with E-state index in [0.717, 1.165) is 16.7 Å². The molecule has 4 heteroatoms. The molecule has 2 aromatic rings. The van der Waals surface area contributed by atoms with Crippen LogP contribution in [0.5, 0.6) is 0 Å². The van der Waals surface area contributed by atoms with Crippen molar-refractivity contribution in [3.8, 4) is 0 Å². The molecule has 0 bridgehead atoms. The zero-order valence-electron chi connectivity index (χ0n) is 8.53. The first-order valence-electron chi connectivity index (χ1n) is 4.56. The summed E-state index contributed by atoms with van der Waals surface area (Å²) in [4.78, 5) is 0. The summed E-state index contributed by atoms with van der Waals surface area (Å²) in [6.07, 6.45) is 0. The van der Waals surface area contributed by atoms with Gasteiger partial charge in [-0.05, 0) is 43.2 Å². The number of aromatic nitrogens is 2. The molecule has 14 heavy (non-hydrogen) atoms. The number of anilines is 1. The molecule has 0 aliphatic heterocycles. The van der Waals surface area contributed by atoms with E-state index in [-0.39, 0.29) is 5.54 Å². The van der Waals surface area contributed by atoms with E-state index in [4.69, 9.17) is 0 Å². The first kappa shape index (κ1) is 8.99. The highest BCUT2D eigenvalue weighted by Gasteiger charge is 2.13. The third-order valence-corrected chi connectivity index (χ3v) is 1.80. The molecule has 1 N–H and O–H groups in total. The summed E-state index contributed by atoms with van der Waals surface area (Å²) in [6, 6.07) is 5.78. The standard InChI is InChI=1S/C10H13N3O/c1-10(2,3)11-7-5-4-6-8-9(7)13-14-12-8/h4-6,11H,1-3H3. The molecule has 1 aromatic heterocycles. The van der Waals surface area contributed by atoms with Crippen LogP contribution in [0.25, 0.3) is 11.0 Å². The lowest BCUT2D eigenvalue weighted by Crippen LogP contribution is -2.26. The van der Waals surface area contributed by atoms with Gasteiger partial charge in [0.15, 0.2) is 5.52 Å². The number of nitrogens with one attached hydrogen (secondary N) is 1. The summed E-state index contributed by atoms with van der Waals surface area (Å²) in [5, 5.41) is 11.0. The van der Waals surface area contributed by atoms with Crippen LogP contribution in [0.15, 0.2) is 22.8 Å². The van der Waals surface area contributed by atoms with E-state index in [1.807, 2.05) is 18.2 Å². The van der Waals surface area contributed by atoms with Crippen LogP contribution in [0.2, 0.25) is 0 Å². The van der Waals surface area contributed by atoms with Gasteiger partial charge in [-0.3, -0.25) is 0 Å². The second-order valence-corrected chi connectivity index (χ2v) is 4.31. The SMILES string of the molecule is CC(C)(C)Nc1cccc2nonc12. The zero-order valence-corrected chi connectivity index (χ0v) is 8.53. The fourth-order valence-corrected chi connectivity index (χ4v) is 1.31. The lowest BCUT2D eigenvalue weighted by molar-refractivity contribution is 0.315. The van der Waals surface area contributed by atoms with Crippen molar-refractivity contribution in [3.05, 3.63) is 18.2 Å². The summed E-state index contributed by atoms with van der Waals surface area (Å²) in [6.45, 7) is 6.29. The van der Waals surface area contributed by atoms with Crippen LogP contribution >= 0.6 is 0 Å². The quantitative estimate of drug-likeness (QED) is 0.752. The first-order chi connectivity index (χ1) is 6.56. The molecule has 0 unspecified atom stereocenters. The van der Waals surface area contributed by atoms with E-state index in [1.165, 1.54) is 0 Å². The molecular formula is C10H13N3O. The highest BCUT2D eigenvalue weighted by Crippen LogP contribution is 2.22. The van der Waals surface area contributed by atoms with Crippen LogP contribution < -0.4 is 5.32 Å². The number of nitrogens with zero attached hydrogens (tertiary/aromatic N) is 2. The molecule has 4 nitrogen and oxygen atoms in total. The van der Waals surface area contributed by atoms with Crippen molar-refractivity contribution in [3.63, 3.8) is 0 Å². The van der Waals surface area contributed by atoms with Crippen molar-refractivity contribution >= 4 is 16.7 Å². The molecule has 0 fully saturated rings. The Hall–Kier alpha value is -1.58. The van der Waals surface area contributed by atoms with Crippen molar-refractivity contribution in [1.82, 2.24) is 10.3 Å². The zero-order chi connectivity index (χ0) is 10.2.